The van der Waals surface area contributed by atoms with E-state index in [4.69, 9.17) is 22.7 Å². The number of halogens is 1. The number of aryl methyl sites for hydroxylation is 2. The maximum atomic E-state index is 7.55. The van der Waals surface area contributed by atoms with E-state index in [1.807, 2.05) is 13.8 Å². The lowest BCUT2D eigenvalue weighted by atomic mass is 10.1. The Morgan fingerprint density at radius 3 is 2.65 bits per heavy atom. The Labute approximate surface area is 104 Å². The van der Waals surface area contributed by atoms with Crippen LogP contribution in [0.5, 0.6) is 0 Å². The molecule has 2 rings (SSSR count). The molecule has 0 aliphatic rings. The highest BCUT2D eigenvalue weighted by atomic mass is 35.5. The van der Waals surface area contributed by atoms with Crippen molar-refractivity contribution in [3.8, 4) is 5.69 Å². The Morgan fingerprint density at radius 2 is 2.12 bits per heavy atom. The van der Waals surface area contributed by atoms with Crippen molar-refractivity contribution in [1.29, 1.82) is 5.41 Å². The molecule has 17 heavy (non-hydrogen) atoms. The fraction of sp³-hybridized carbons (Fsp3) is 0.182. The first-order valence-corrected chi connectivity index (χ1v) is 5.41. The number of rotatable bonds is 2. The molecule has 1 aromatic heterocycles. The van der Waals surface area contributed by atoms with E-state index >= 15 is 0 Å². The van der Waals surface area contributed by atoms with E-state index in [9.17, 15) is 0 Å². The minimum atomic E-state index is -0.0239. The first-order chi connectivity index (χ1) is 7.99. The molecule has 88 valence electrons. The summed E-state index contributed by atoms with van der Waals surface area (Å²) in [6, 6.07) is 5.12. The van der Waals surface area contributed by atoms with Crippen molar-refractivity contribution in [1.82, 2.24) is 14.8 Å². The summed E-state index contributed by atoms with van der Waals surface area (Å²) in [7, 11) is 0. The van der Waals surface area contributed by atoms with Crippen LogP contribution in [0.25, 0.3) is 5.69 Å². The number of nitrogens with two attached hydrogens (primary N) is 1. The molecule has 0 fully saturated rings. The van der Waals surface area contributed by atoms with E-state index in [1.165, 1.54) is 0 Å². The van der Waals surface area contributed by atoms with Crippen molar-refractivity contribution in [2.24, 2.45) is 5.73 Å². The van der Waals surface area contributed by atoms with E-state index < -0.39 is 0 Å². The molecule has 0 amide bonds. The van der Waals surface area contributed by atoms with Gasteiger partial charge in [-0.1, -0.05) is 11.6 Å². The molecule has 0 saturated heterocycles. The summed E-state index contributed by atoms with van der Waals surface area (Å²) in [6.07, 6.45) is 0. The zero-order valence-corrected chi connectivity index (χ0v) is 10.3. The van der Waals surface area contributed by atoms with Crippen molar-refractivity contribution in [2.75, 3.05) is 0 Å². The number of hydrogen-bond acceptors (Lipinski definition) is 3. The molecule has 0 bridgehead atoms. The summed E-state index contributed by atoms with van der Waals surface area (Å²) in [5.41, 5.74) is 6.79. The highest BCUT2D eigenvalue weighted by Gasteiger charge is 2.12. The number of amidine groups is 1. The summed E-state index contributed by atoms with van der Waals surface area (Å²) in [6.45, 7) is 3.65. The summed E-state index contributed by atoms with van der Waals surface area (Å²) in [5.74, 6) is 1.37. The predicted molar refractivity (Wildman–Crippen MR) is 66.9 cm³/mol. The molecule has 0 aliphatic carbocycles. The Balaban J connectivity index is 2.69. The highest BCUT2D eigenvalue weighted by Crippen LogP contribution is 2.20. The van der Waals surface area contributed by atoms with Crippen LogP contribution in [0.1, 0.15) is 17.2 Å². The standard InChI is InChI=1S/C11H12ClN5/c1-6-15-7(2)17(16-6)10-5-8(12)3-4-9(10)11(13)14/h3-5H,1-2H3,(H3,13,14). The van der Waals surface area contributed by atoms with Gasteiger partial charge in [0.25, 0.3) is 0 Å². The van der Waals surface area contributed by atoms with Crippen LogP contribution < -0.4 is 5.73 Å². The molecule has 0 radical (unpaired) electrons. The minimum absolute atomic E-state index is 0.0239. The molecule has 1 aromatic carbocycles. The second-order valence-electron chi connectivity index (χ2n) is 3.69. The Morgan fingerprint density at radius 1 is 1.41 bits per heavy atom. The molecular weight excluding hydrogens is 238 g/mol. The Kier molecular flexibility index (Phi) is 2.85. The second kappa shape index (κ2) is 4.18. The molecule has 3 N–H and O–H groups in total. The van der Waals surface area contributed by atoms with Crippen LogP contribution in [-0.4, -0.2) is 20.6 Å². The fourth-order valence-electron chi connectivity index (χ4n) is 1.66. The van der Waals surface area contributed by atoms with Gasteiger partial charge < -0.3 is 5.73 Å². The van der Waals surface area contributed by atoms with Crippen molar-refractivity contribution in [2.45, 2.75) is 13.8 Å². The molecule has 0 saturated carbocycles. The third-order valence-electron chi connectivity index (χ3n) is 2.35. The van der Waals surface area contributed by atoms with Gasteiger partial charge in [0.05, 0.1) is 5.69 Å². The van der Waals surface area contributed by atoms with Gasteiger partial charge in [-0.25, -0.2) is 9.67 Å². The summed E-state index contributed by atoms with van der Waals surface area (Å²) < 4.78 is 1.64. The second-order valence-corrected chi connectivity index (χ2v) is 4.13. The average Bonchev–Trinajstić information content (AvgIpc) is 2.57. The Hall–Kier alpha value is -1.88. The van der Waals surface area contributed by atoms with Crippen LogP contribution in [0.2, 0.25) is 5.02 Å². The van der Waals surface area contributed by atoms with Gasteiger partial charge >= 0.3 is 0 Å². The van der Waals surface area contributed by atoms with Crippen LogP contribution in [0.3, 0.4) is 0 Å². The number of nitrogens with zero attached hydrogens (tertiary/aromatic N) is 3. The third-order valence-corrected chi connectivity index (χ3v) is 2.59. The molecule has 2 aromatic rings. The highest BCUT2D eigenvalue weighted by molar-refractivity contribution is 6.31. The van der Waals surface area contributed by atoms with Gasteiger partial charge in [0.2, 0.25) is 0 Å². The van der Waals surface area contributed by atoms with Crippen LogP contribution in [0.15, 0.2) is 18.2 Å². The van der Waals surface area contributed by atoms with E-state index in [0.29, 0.717) is 22.1 Å². The smallest absolute Gasteiger partial charge is 0.148 e. The van der Waals surface area contributed by atoms with Gasteiger partial charge in [0, 0.05) is 10.6 Å². The molecular formula is C11H12ClN5. The van der Waals surface area contributed by atoms with Crippen LogP contribution in [0.4, 0.5) is 0 Å². The molecule has 0 aliphatic heterocycles. The van der Waals surface area contributed by atoms with Crippen LogP contribution in [-0.2, 0) is 0 Å². The zero-order chi connectivity index (χ0) is 12.6. The molecule has 1 heterocycles. The monoisotopic (exact) mass is 249 g/mol. The average molecular weight is 250 g/mol. The Bertz CT molecular complexity index is 588. The predicted octanol–water partition coefficient (Wildman–Crippen LogP) is 1.82. The van der Waals surface area contributed by atoms with E-state index in [-0.39, 0.29) is 5.84 Å². The molecule has 0 atom stereocenters. The van der Waals surface area contributed by atoms with Crippen molar-refractivity contribution in [3.63, 3.8) is 0 Å². The van der Waals surface area contributed by atoms with E-state index in [1.54, 1.807) is 22.9 Å². The van der Waals surface area contributed by atoms with Crippen molar-refractivity contribution < 1.29 is 0 Å². The first kappa shape index (κ1) is 11.6. The lowest BCUT2D eigenvalue weighted by Gasteiger charge is -2.09. The summed E-state index contributed by atoms with van der Waals surface area (Å²) in [5, 5.41) is 12.4. The van der Waals surface area contributed by atoms with Gasteiger partial charge in [-0.15, -0.1) is 0 Å². The van der Waals surface area contributed by atoms with E-state index in [0.717, 1.165) is 5.82 Å². The largest absolute Gasteiger partial charge is 0.384 e. The lowest BCUT2D eigenvalue weighted by molar-refractivity contribution is 0.829. The first-order valence-electron chi connectivity index (χ1n) is 5.03. The zero-order valence-electron chi connectivity index (χ0n) is 9.53. The number of aromatic nitrogens is 3. The van der Waals surface area contributed by atoms with Gasteiger partial charge in [-0.2, -0.15) is 5.10 Å². The van der Waals surface area contributed by atoms with Crippen molar-refractivity contribution >= 4 is 17.4 Å². The number of benzene rings is 1. The molecule has 5 nitrogen and oxygen atoms in total. The molecule has 0 spiro atoms. The normalized spacial score (nSPS) is 10.5. The quantitative estimate of drug-likeness (QED) is 0.629. The topological polar surface area (TPSA) is 80.6 Å². The SMILES string of the molecule is Cc1nc(C)n(-c2cc(Cl)ccc2C(=N)N)n1. The maximum absolute atomic E-state index is 7.55. The fourth-order valence-corrected chi connectivity index (χ4v) is 1.82. The minimum Gasteiger partial charge on any atom is -0.384 e. The van der Waals surface area contributed by atoms with Crippen molar-refractivity contribution in [3.05, 3.63) is 40.4 Å². The van der Waals surface area contributed by atoms with Gasteiger partial charge in [-0.3, -0.25) is 5.41 Å². The van der Waals surface area contributed by atoms with Crippen LogP contribution in [0, 0.1) is 19.3 Å². The maximum Gasteiger partial charge on any atom is 0.148 e. The third kappa shape index (κ3) is 2.14. The van der Waals surface area contributed by atoms with E-state index in [2.05, 4.69) is 10.1 Å². The number of hydrogen-bond donors (Lipinski definition) is 2. The van der Waals surface area contributed by atoms with Gasteiger partial charge in [0.1, 0.15) is 17.5 Å². The summed E-state index contributed by atoms with van der Waals surface area (Å²) >= 11 is 5.96. The number of nitrogens with one attached hydrogen (secondary N) is 1. The summed E-state index contributed by atoms with van der Waals surface area (Å²) in [4.78, 5) is 4.22. The molecule has 6 heteroatoms. The lowest BCUT2D eigenvalue weighted by Crippen LogP contribution is -2.15. The molecule has 0 unspecified atom stereocenters. The van der Waals surface area contributed by atoms with Crippen LogP contribution >= 0.6 is 11.6 Å². The number of nitrogen functional groups attached to an aromatic ring is 1. The van der Waals surface area contributed by atoms with Gasteiger partial charge in [0.15, 0.2) is 0 Å². The van der Waals surface area contributed by atoms with Gasteiger partial charge in [-0.05, 0) is 32.0 Å².